The second kappa shape index (κ2) is 5.33. The first-order chi connectivity index (χ1) is 6.21. The molecule has 5 heteroatoms. The Bertz CT molecular complexity index is 260. The summed E-state index contributed by atoms with van der Waals surface area (Å²) in [5.41, 5.74) is -0.200. The normalized spacial score (nSPS) is 13.6. The molecule has 0 aliphatic carbocycles. The summed E-state index contributed by atoms with van der Waals surface area (Å²) in [6, 6.07) is 0. The van der Waals surface area contributed by atoms with E-state index in [-0.39, 0.29) is 16.5 Å². The molecule has 0 aromatic carbocycles. The van der Waals surface area contributed by atoms with Gasteiger partial charge in [0.05, 0.1) is 11.0 Å². The highest BCUT2D eigenvalue weighted by molar-refractivity contribution is 7.92. The van der Waals surface area contributed by atoms with Crippen LogP contribution in [0.2, 0.25) is 0 Å². The number of hydrogen-bond acceptors (Lipinski definition) is 3. The van der Waals surface area contributed by atoms with Crippen LogP contribution in [-0.4, -0.2) is 37.4 Å². The Morgan fingerprint density at radius 3 is 2.21 bits per heavy atom. The molecule has 0 bridgehead atoms. The topological polar surface area (TPSA) is 46.2 Å². The van der Waals surface area contributed by atoms with Crippen LogP contribution in [0.3, 0.4) is 0 Å². The van der Waals surface area contributed by atoms with Gasteiger partial charge in [0.2, 0.25) is 0 Å². The third-order valence-electron chi connectivity index (χ3n) is 2.04. The van der Waals surface area contributed by atoms with Gasteiger partial charge in [-0.1, -0.05) is 0 Å². The Balaban J connectivity index is 3.98. The van der Waals surface area contributed by atoms with Gasteiger partial charge in [-0.05, 0) is 27.7 Å². The summed E-state index contributed by atoms with van der Waals surface area (Å²) in [6.45, 7) is 7.74. The molecule has 0 rings (SSSR count). The highest BCUT2D eigenvalue weighted by Gasteiger charge is 2.19. The minimum absolute atomic E-state index is 0.172. The summed E-state index contributed by atoms with van der Waals surface area (Å²) >= 11 is 5.69. The van der Waals surface area contributed by atoms with Crippen LogP contribution in [0.4, 0.5) is 0 Å². The number of nitrogens with one attached hydrogen (secondary N) is 1. The maximum Gasteiger partial charge on any atom is 0.153 e. The van der Waals surface area contributed by atoms with Crippen molar-refractivity contribution in [3.05, 3.63) is 0 Å². The summed E-state index contributed by atoms with van der Waals surface area (Å²) in [4.78, 5) is 0. The molecular formula is C9H20ClNO2S. The highest BCUT2D eigenvalue weighted by Crippen LogP contribution is 2.05. The Morgan fingerprint density at radius 1 is 1.36 bits per heavy atom. The molecule has 0 heterocycles. The molecule has 14 heavy (non-hydrogen) atoms. The summed E-state index contributed by atoms with van der Waals surface area (Å²) in [7, 11) is -2.93. The third kappa shape index (κ3) is 5.17. The molecule has 3 nitrogen and oxygen atoms in total. The predicted octanol–water partition coefficient (Wildman–Crippen LogP) is 1.42. The van der Waals surface area contributed by atoms with E-state index in [9.17, 15) is 8.42 Å². The van der Waals surface area contributed by atoms with Crippen molar-refractivity contribution < 1.29 is 8.42 Å². The molecule has 0 spiro atoms. The molecule has 0 aliphatic heterocycles. The van der Waals surface area contributed by atoms with E-state index in [1.54, 1.807) is 13.8 Å². The van der Waals surface area contributed by atoms with Gasteiger partial charge < -0.3 is 5.32 Å². The first-order valence-electron chi connectivity index (χ1n) is 4.74. The van der Waals surface area contributed by atoms with Crippen molar-refractivity contribution in [2.45, 2.75) is 38.5 Å². The fraction of sp³-hybridized carbons (Fsp3) is 1.00. The SMILES string of the molecule is CC(C)S(=O)(=O)CCNC(C)(C)CCl. The third-order valence-corrected chi connectivity index (χ3v) is 4.92. The van der Waals surface area contributed by atoms with Gasteiger partial charge >= 0.3 is 0 Å². The first kappa shape index (κ1) is 14.2. The smallest absolute Gasteiger partial charge is 0.153 e. The lowest BCUT2D eigenvalue weighted by Crippen LogP contribution is -2.43. The number of rotatable bonds is 6. The van der Waals surface area contributed by atoms with Crippen molar-refractivity contribution in [2.24, 2.45) is 0 Å². The van der Waals surface area contributed by atoms with Crippen molar-refractivity contribution in [3.8, 4) is 0 Å². The van der Waals surface area contributed by atoms with E-state index in [1.165, 1.54) is 0 Å². The zero-order valence-electron chi connectivity index (χ0n) is 9.30. The molecule has 86 valence electrons. The van der Waals surface area contributed by atoms with Crippen LogP contribution in [-0.2, 0) is 9.84 Å². The Kier molecular flexibility index (Phi) is 5.41. The van der Waals surface area contributed by atoms with Gasteiger partial charge in [-0.2, -0.15) is 0 Å². The van der Waals surface area contributed by atoms with E-state index in [1.807, 2.05) is 13.8 Å². The lowest BCUT2D eigenvalue weighted by Gasteiger charge is -2.23. The minimum Gasteiger partial charge on any atom is -0.310 e. The maximum absolute atomic E-state index is 11.4. The summed E-state index contributed by atoms with van der Waals surface area (Å²) < 4.78 is 22.9. The van der Waals surface area contributed by atoms with Gasteiger partial charge in [0.25, 0.3) is 0 Å². The van der Waals surface area contributed by atoms with E-state index in [0.29, 0.717) is 12.4 Å². The van der Waals surface area contributed by atoms with Gasteiger partial charge in [0.1, 0.15) is 0 Å². The van der Waals surface area contributed by atoms with E-state index in [0.717, 1.165) is 0 Å². The maximum atomic E-state index is 11.4. The fourth-order valence-corrected chi connectivity index (χ4v) is 1.77. The number of halogens is 1. The molecular weight excluding hydrogens is 222 g/mol. The molecule has 0 aromatic heterocycles. The van der Waals surface area contributed by atoms with E-state index in [4.69, 9.17) is 11.6 Å². The van der Waals surface area contributed by atoms with Crippen molar-refractivity contribution in [1.29, 1.82) is 0 Å². The Labute approximate surface area is 92.1 Å². The van der Waals surface area contributed by atoms with Crippen LogP contribution >= 0.6 is 11.6 Å². The van der Waals surface area contributed by atoms with Crippen molar-refractivity contribution >= 4 is 21.4 Å². The van der Waals surface area contributed by atoms with Crippen LogP contribution in [0.25, 0.3) is 0 Å². The average molecular weight is 242 g/mol. The number of sulfone groups is 1. The molecule has 0 saturated heterocycles. The fourth-order valence-electron chi connectivity index (χ4n) is 0.815. The largest absolute Gasteiger partial charge is 0.310 e. The number of alkyl halides is 1. The van der Waals surface area contributed by atoms with Crippen LogP contribution in [0.1, 0.15) is 27.7 Å². The van der Waals surface area contributed by atoms with Gasteiger partial charge in [-0.3, -0.25) is 0 Å². The van der Waals surface area contributed by atoms with Crippen molar-refractivity contribution in [1.82, 2.24) is 5.32 Å². The summed E-state index contributed by atoms with van der Waals surface area (Å²) in [5, 5.41) is 2.81. The van der Waals surface area contributed by atoms with Crippen LogP contribution in [0, 0.1) is 0 Å². The molecule has 0 radical (unpaired) electrons. The first-order valence-corrected chi connectivity index (χ1v) is 6.99. The Morgan fingerprint density at radius 2 is 1.86 bits per heavy atom. The summed E-state index contributed by atoms with van der Waals surface area (Å²) in [5.74, 6) is 0.639. The van der Waals surface area contributed by atoms with Crippen molar-refractivity contribution in [3.63, 3.8) is 0 Å². The second-order valence-corrected chi connectivity index (χ2v) is 7.30. The monoisotopic (exact) mass is 241 g/mol. The van der Waals surface area contributed by atoms with Gasteiger partial charge in [-0.25, -0.2) is 8.42 Å². The molecule has 1 N–H and O–H groups in total. The molecule has 0 unspecified atom stereocenters. The standard InChI is InChI=1S/C9H20ClNO2S/c1-8(2)14(12,13)6-5-11-9(3,4)7-10/h8,11H,5-7H2,1-4H3. The van der Waals surface area contributed by atoms with Gasteiger partial charge in [0.15, 0.2) is 9.84 Å². The summed E-state index contributed by atoms with van der Waals surface area (Å²) in [6.07, 6.45) is 0. The molecule has 0 aliphatic rings. The van der Waals surface area contributed by atoms with Gasteiger partial charge in [0, 0.05) is 18.0 Å². The van der Waals surface area contributed by atoms with Crippen LogP contribution in [0.5, 0.6) is 0 Å². The van der Waals surface area contributed by atoms with Crippen LogP contribution < -0.4 is 5.32 Å². The second-order valence-electron chi connectivity index (χ2n) is 4.36. The lowest BCUT2D eigenvalue weighted by atomic mass is 10.1. The molecule has 0 amide bonds. The average Bonchev–Trinajstić information content (AvgIpc) is 2.03. The highest BCUT2D eigenvalue weighted by atomic mass is 35.5. The Hall–Kier alpha value is 0.200. The van der Waals surface area contributed by atoms with Gasteiger partial charge in [-0.15, -0.1) is 11.6 Å². The number of hydrogen-bond donors (Lipinski definition) is 1. The van der Waals surface area contributed by atoms with E-state index in [2.05, 4.69) is 5.32 Å². The molecule has 0 saturated carbocycles. The molecule has 0 atom stereocenters. The van der Waals surface area contributed by atoms with E-state index >= 15 is 0 Å². The predicted molar refractivity (Wildman–Crippen MR) is 61.7 cm³/mol. The quantitative estimate of drug-likeness (QED) is 0.716. The lowest BCUT2D eigenvalue weighted by molar-refractivity contribution is 0.444. The minimum atomic E-state index is -2.93. The zero-order valence-corrected chi connectivity index (χ0v) is 10.9. The van der Waals surface area contributed by atoms with Crippen molar-refractivity contribution in [2.75, 3.05) is 18.2 Å². The zero-order chi connectivity index (χ0) is 11.4. The van der Waals surface area contributed by atoms with E-state index < -0.39 is 9.84 Å². The molecule has 0 aromatic rings. The molecule has 0 fully saturated rings. The van der Waals surface area contributed by atoms with Crippen LogP contribution in [0.15, 0.2) is 0 Å².